The van der Waals surface area contributed by atoms with Crippen LogP contribution in [0.4, 0.5) is 0 Å². The van der Waals surface area contributed by atoms with E-state index in [1.54, 1.807) is 7.11 Å². The molecular weight excluding hydrogens is 306 g/mol. The van der Waals surface area contributed by atoms with Crippen molar-refractivity contribution in [3.63, 3.8) is 0 Å². The molecule has 1 N–H and O–H groups in total. The molecule has 1 aromatic carbocycles. The second kappa shape index (κ2) is 5.75. The molecule has 1 heterocycles. The monoisotopic (exact) mass is 323 g/mol. The first-order valence-corrected chi connectivity index (χ1v) is 6.88. The standard InChI is InChI=1S/C14H18BrN3O/c1-9-5-6-12(19-4)10(7-9)14-13(15)11(8-16-2)17-18(14)3/h5-7,16H,8H2,1-4H3. The number of nitrogens with one attached hydrogen (secondary N) is 1. The lowest BCUT2D eigenvalue weighted by Gasteiger charge is -2.10. The molecule has 2 rings (SSSR count). The molecule has 0 aliphatic carbocycles. The van der Waals surface area contributed by atoms with Crippen LogP contribution in [0.1, 0.15) is 11.3 Å². The van der Waals surface area contributed by atoms with Gasteiger partial charge in [-0.2, -0.15) is 5.10 Å². The lowest BCUT2D eigenvalue weighted by Crippen LogP contribution is -2.06. The Kier molecular flexibility index (Phi) is 4.27. The summed E-state index contributed by atoms with van der Waals surface area (Å²) in [6, 6.07) is 6.15. The molecule has 102 valence electrons. The van der Waals surface area contributed by atoms with E-state index in [0.29, 0.717) is 0 Å². The number of nitrogens with zero attached hydrogens (tertiary/aromatic N) is 2. The summed E-state index contributed by atoms with van der Waals surface area (Å²) in [6.45, 7) is 2.80. The molecule has 0 aliphatic heterocycles. The maximum absolute atomic E-state index is 5.46. The largest absolute Gasteiger partial charge is 0.496 e. The fraction of sp³-hybridized carbons (Fsp3) is 0.357. The summed E-state index contributed by atoms with van der Waals surface area (Å²) < 4.78 is 8.35. The molecule has 0 atom stereocenters. The van der Waals surface area contributed by atoms with E-state index in [0.717, 1.165) is 33.7 Å². The van der Waals surface area contributed by atoms with Crippen LogP contribution in [-0.4, -0.2) is 23.9 Å². The van der Waals surface area contributed by atoms with Gasteiger partial charge in [0.05, 0.1) is 23.0 Å². The average Bonchev–Trinajstić information content (AvgIpc) is 2.65. The number of hydrogen-bond acceptors (Lipinski definition) is 3. The van der Waals surface area contributed by atoms with Crippen LogP contribution in [-0.2, 0) is 13.6 Å². The molecule has 0 radical (unpaired) electrons. The van der Waals surface area contributed by atoms with Gasteiger partial charge in [-0.15, -0.1) is 0 Å². The third-order valence-corrected chi connectivity index (χ3v) is 3.84. The highest BCUT2D eigenvalue weighted by atomic mass is 79.9. The van der Waals surface area contributed by atoms with Gasteiger partial charge in [-0.05, 0) is 42.0 Å². The molecule has 1 aromatic heterocycles. The number of ether oxygens (including phenoxy) is 1. The topological polar surface area (TPSA) is 39.1 Å². The van der Waals surface area contributed by atoms with Crippen molar-refractivity contribution in [2.75, 3.05) is 14.2 Å². The van der Waals surface area contributed by atoms with Crippen LogP contribution in [0, 0.1) is 6.92 Å². The van der Waals surface area contributed by atoms with Crippen LogP contribution in [0.3, 0.4) is 0 Å². The fourth-order valence-corrected chi connectivity index (χ4v) is 2.82. The van der Waals surface area contributed by atoms with Gasteiger partial charge in [-0.3, -0.25) is 4.68 Å². The van der Waals surface area contributed by atoms with Gasteiger partial charge in [0.25, 0.3) is 0 Å². The van der Waals surface area contributed by atoms with Crippen molar-refractivity contribution in [1.29, 1.82) is 0 Å². The van der Waals surface area contributed by atoms with E-state index in [-0.39, 0.29) is 0 Å². The Morgan fingerprint density at radius 3 is 2.79 bits per heavy atom. The van der Waals surface area contributed by atoms with Crippen molar-refractivity contribution in [2.45, 2.75) is 13.5 Å². The molecule has 0 aliphatic rings. The van der Waals surface area contributed by atoms with E-state index in [1.165, 1.54) is 5.56 Å². The first-order valence-electron chi connectivity index (χ1n) is 6.09. The van der Waals surface area contributed by atoms with E-state index in [4.69, 9.17) is 4.74 Å². The van der Waals surface area contributed by atoms with Crippen LogP contribution in [0.25, 0.3) is 11.3 Å². The molecule has 0 saturated heterocycles. The normalized spacial score (nSPS) is 10.8. The van der Waals surface area contributed by atoms with Crippen LogP contribution < -0.4 is 10.1 Å². The number of benzene rings is 1. The minimum atomic E-state index is 0.725. The number of halogens is 1. The van der Waals surface area contributed by atoms with Crippen molar-refractivity contribution in [1.82, 2.24) is 15.1 Å². The summed E-state index contributed by atoms with van der Waals surface area (Å²) in [5.41, 5.74) is 4.26. The predicted octanol–water partition coefficient (Wildman–Crippen LogP) is 2.89. The Bertz CT molecular complexity index is 593. The minimum Gasteiger partial charge on any atom is -0.496 e. The Balaban J connectivity index is 2.61. The van der Waals surface area contributed by atoms with Crippen LogP contribution in [0.15, 0.2) is 22.7 Å². The fourth-order valence-electron chi connectivity index (χ4n) is 2.13. The van der Waals surface area contributed by atoms with Gasteiger partial charge in [0, 0.05) is 19.2 Å². The molecule has 0 fully saturated rings. The molecule has 19 heavy (non-hydrogen) atoms. The summed E-state index contributed by atoms with van der Waals surface area (Å²) in [6.07, 6.45) is 0. The number of methoxy groups -OCH3 is 1. The molecule has 0 spiro atoms. The molecule has 4 nitrogen and oxygen atoms in total. The highest BCUT2D eigenvalue weighted by Crippen LogP contribution is 2.36. The summed E-state index contributed by atoms with van der Waals surface area (Å²) in [4.78, 5) is 0. The Labute approximate surface area is 121 Å². The maximum Gasteiger partial charge on any atom is 0.128 e. The highest BCUT2D eigenvalue weighted by molar-refractivity contribution is 9.10. The maximum atomic E-state index is 5.46. The molecule has 0 bridgehead atoms. The zero-order valence-corrected chi connectivity index (χ0v) is 13.2. The van der Waals surface area contributed by atoms with Gasteiger partial charge >= 0.3 is 0 Å². The lowest BCUT2D eigenvalue weighted by molar-refractivity contribution is 0.416. The first-order chi connectivity index (χ1) is 9.08. The molecule has 0 amide bonds. The van der Waals surface area contributed by atoms with Gasteiger partial charge in [0.15, 0.2) is 0 Å². The number of aromatic nitrogens is 2. The summed E-state index contributed by atoms with van der Waals surface area (Å²) in [5.74, 6) is 0.852. The zero-order chi connectivity index (χ0) is 14.0. The molecule has 0 unspecified atom stereocenters. The average molecular weight is 324 g/mol. The van der Waals surface area contributed by atoms with Crippen molar-refractivity contribution in [3.8, 4) is 17.0 Å². The van der Waals surface area contributed by atoms with Crippen LogP contribution >= 0.6 is 15.9 Å². The second-order valence-electron chi connectivity index (χ2n) is 4.47. The van der Waals surface area contributed by atoms with Gasteiger partial charge in [0.2, 0.25) is 0 Å². The second-order valence-corrected chi connectivity index (χ2v) is 5.26. The zero-order valence-electron chi connectivity index (χ0n) is 11.6. The van der Waals surface area contributed by atoms with Crippen molar-refractivity contribution in [3.05, 3.63) is 33.9 Å². The molecule has 5 heteroatoms. The van der Waals surface area contributed by atoms with E-state index >= 15 is 0 Å². The smallest absolute Gasteiger partial charge is 0.128 e. The molecule has 2 aromatic rings. The highest BCUT2D eigenvalue weighted by Gasteiger charge is 2.18. The minimum absolute atomic E-state index is 0.725. The summed E-state index contributed by atoms with van der Waals surface area (Å²) in [5, 5.41) is 7.65. The van der Waals surface area contributed by atoms with E-state index in [2.05, 4.69) is 39.3 Å². The molecular formula is C14H18BrN3O. The van der Waals surface area contributed by atoms with Gasteiger partial charge in [0.1, 0.15) is 5.75 Å². The van der Waals surface area contributed by atoms with E-state index in [1.807, 2.05) is 30.9 Å². The SMILES string of the molecule is CNCc1nn(C)c(-c2cc(C)ccc2OC)c1Br. The van der Waals surface area contributed by atoms with E-state index < -0.39 is 0 Å². The number of rotatable bonds is 4. The number of aryl methyl sites for hydroxylation is 2. The van der Waals surface area contributed by atoms with Gasteiger partial charge in [-0.25, -0.2) is 0 Å². The Hall–Kier alpha value is -1.33. The van der Waals surface area contributed by atoms with E-state index in [9.17, 15) is 0 Å². The Morgan fingerprint density at radius 1 is 1.42 bits per heavy atom. The summed E-state index contributed by atoms with van der Waals surface area (Å²) in [7, 11) is 5.54. The third kappa shape index (κ3) is 2.67. The van der Waals surface area contributed by atoms with Gasteiger partial charge in [-0.1, -0.05) is 11.6 Å². The van der Waals surface area contributed by atoms with Crippen LogP contribution in [0.5, 0.6) is 5.75 Å². The first kappa shape index (κ1) is 14.1. The number of hydrogen-bond donors (Lipinski definition) is 1. The van der Waals surface area contributed by atoms with Crippen molar-refractivity contribution in [2.24, 2.45) is 7.05 Å². The third-order valence-electron chi connectivity index (χ3n) is 3.01. The molecule has 0 saturated carbocycles. The van der Waals surface area contributed by atoms with Crippen LogP contribution in [0.2, 0.25) is 0 Å². The lowest BCUT2D eigenvalue weighted by atomic mass is 10.1. The quantitative estimate of drug-likeness (QED) is 0.940. The Morgan fingerprint density at radius 2 is 2.16 bits per heavy atom. The van der Waals surface area contributed by atoms with Gasteiger partial charge < -0.3 is 10.1 Å². The summed E-state index contributed by atoms with van der Waals surface area (Å²) >= 11 is 3.65. The predicted molar refractivity (Wildman–Crippen MR) is 80.4 cm³/mol. The van der Waals surface area contributed by atoms with Crippen molar-refractivity contribution < 1.29 is 4.74 Å². The van der Waals surface area contributed by atoms with Crippen molar-refractivity contribution >= 4 is 15.9 Å².